The topological polar surface area (TPSA) is 85.3 Å². The summed E-state index contributed by atoms with van der Waals surface area (Å²) in [5.41, 5.74) is 0. The first-order chi connectivity index (χ1) is 6.95. The fourth-order valence-electron chi connectivity index (χ4n) is 1.07. The molecule has 0 aliphatic rings. The zero-order valence-corrected chi connectivity index (χ0v) is 10.7. The monoisotopic (exact) mass is 296 g/mol. The van der Waals surface area contributed by atoms with Gasteiger partial charge in [-0.15, -0.1) is 0 Å². The molecule has 86 valence electrons. The first kappa shape index (κ1) is 12.7. The maximum Gasteiger partial charge on any atom is 0.242 e. The zero-order valence-electron chi connectivity index (χ0n) is 8.29. The highest BCUT2D eigenvalue weighted by atomic mass is 79.9. The highest BCUT2D eigenvalue weighted by Crippen LogP contribution is 2.24. The number of hydrogen-bond donors (Lipinski definition) is 2. The molecule has 0 atom stereocenters. The number of halogens is 1. The van der Waals surface area contributed by atoms with E-state index in [0.717, 1.165) is 13.0 Å². The second-order valence-corrected chi connectivity index (χ2v) is 5.32. The van der Waals surface area contributed by atoms with Crippen LogP contribution in [0.4, 0.5) is 0 Å². The molecular formula is C8H13BrN2O3S. The van der Waals surface area contributed by atoms with Gasteiger partial charge in [-0.1, -0.05) is 6.92 Å². The van der Waals surface area contributed by atoms with Crippen LogP contribution in [0.3, 0.4) is 0 Å². The van der Waals surface area contributed by atoms with Crippen molar-refractivity contribution in [2.24, 2.45) is 5.14 Å². The van der Waals surface area contributed by atoms with E-state index >= 15 is 0 Å². The lowest BCUT2D eigenvalue weighted by Crippen LogP contribution is -2.13. The molecule has 0 fully saturated rings. The molecule has 0 aliphatic carbocycles. The zero-order chi connectivity index (χ0) is 11.5. The fraction of sp³-hybridized carbons (Fsp3) is 0.500. The lowest BCUT2D eigenvalue weighted by molar-refractivity contribution is 0.461. The third-order valence-corrected chi connectivity index (χ3v) is 3.51. The van der Waals surface area contributed by atoms with Crippen molar-refractivity contribution in [1.82, 2.24) is 5.32 Å². The van der Waals surface area contributed by atoms with Gasteiger partial charge >= 0.3 is 0 Å². The Bertz CT molecular complexity index is 427. The van der Waals surface area contributed by atoms with Crippen LogP contribution >= 0.6 is 15.9 Å². The third-order valence-electron chi connectivity index (χ3n) is 1.74. The molecular weight excluding hydrogens is 284 g/mol. The number of nitrogens with one attached hydrogen (secondary N) is 1. The van der Waals surface area contributed by atoms with Gasteiger partial charge in [0.1, 0.15) is 10.7 Å². The molecule has 7 heteroatoms. The Kier molecular flexibility index (Phi) is 4.32. The van der Waals surface area contributed by atoms with E-state index in [4.69, 9.17) is 9.56 Å². The van der Waals surface area contributed by atoms with Crippen molar-refractivity contribution in [2.45, 2.75) is 24.8 Å². The molecule has 0 radical (unpaired) electrons. The maximum atomic E-state index is 11.1. The number of nitrogens with two attached hydrogens (primary N) is 1. The van der Waals surface area contributed by atoms with E-state index in [1.807, 2.05) is 6.92 Å². The fourth-order valence-corrected chi connectivity index (χ4v) is 2.63. The van der Waals surface area contributed by atoms with Crippen LogP contribution in [0.2, 0.25) is 0 Å². The van der Waals surface area contributed by atoms with E-state index in [-0.39, 0.29) is 9.56 Å². The molecule has 1 rings (SSSR count). The largest absolute Gasteiger partial charge is 0.452 e. The van der Waals surface area contributed by atoms with Crippen LogP contribution in [0.1, 0.15) is 19.1 Å². The van der Waals surface area contributed by atoms with Crippen LogP contribution < -0.4 is 10.5 Å². The Balaban J connectivity index is 2.78. The molecule has 0 unspecified atom stereocenters. The highest BCUT2D eigenvalue weighted by molar-refractivity contribution is 9.10. The Morgan fingerprint density at radius 3 is 2.73 bits per heavy atom. The number of sulfonamides is 1. The molecule has 1 aromatic rings. The Hall–Kier alpha value is -0.370. The molecule has 1 heterocycles. The van der Waals surface area contributed by atoms with Crippen molar-refractivity contribution in [3.8, 4) is 0 Å². The summed E-state index contributed by atoms with van der Waals surface area (Å²) in [5.74, 6) is 0.541. The summed E-state index contributed by atoms with van der Waals surface area (Å²) in [4.78, 5) is -0.0178. The second-order valence-electron chi connectivity index (χ2n) is 3.07. The van der Waals surface area contributed by atoms with Gasteiger partial charge in [0.05, 0.1) is 6.54 Å². The normalized spacial score (nSPS) is 11.9. The van der Waals surface area contributed by atoms with E-state index in [0.29, 0.717) is 12.3 Å². The van der Waals surface area contributed by atoms with Crippen LogP contribution in [0, 0.1) is 0 Å². The van der Waals surface area contributed by atoms with Crippen molar-refractivity contribution < 1.29 is 12.8 Å². The van der Waals surface area contributed by atoms with E-state index < -0.39 is 10.0 Å². The van der Waals surface area contributed by atoms with Crippen molar-refractivity contribution in [3.63, 3.8) is 0 Å². The molecule has 0 aliphatic heterocycles. The van der Waals surface area contributed by atoms with Crippen LogP contribution in [-0.4, -0.2) is 15.0 Å². The minimum atomic E-state index is -3.71. The Morgan fingerprint density at radius 1 is 1.60 bits per heavy atom. The van der Waals surface area contributed by atoms with E-state index in [1.54, 1.807) is 0 Å². The second kappa shape index (κ2) is 5.11. The van der Waals surface area contributed by atoms with Gasteiger partial charge in [0.2, 0.25) is 10.0 Å². The molecule has 0 aromatic carbocycles. The Labute approximate surface area is 97.2 Å². The van der Waals surface area contributed by atoms with Gasteiger partial charge in [-0.3, -0.25) is 0 Å². The molecule has 0 amide bonds. The molecule has 5 nitrogen and oxygen atoms in total. The van der Waals surface area contributed by atoms with Gasteiger partial charge in [0, 0.05) is 6.07 Å². The van der Waals surface area contributed by atoms with Gasteiger partial charge in [0.15, 0.2) is 4.67 Å². The van der Waals surface area contributed by atoms with Crippen LogP contribution in [-0.2, 0) is 16.6 Å². The van der Waals surface area contributed by atoms with Crippen molar-refractivity contribution in [3.05, 3.63) is 16.5 Å². The molecule has 15 heavy (non-hydrogen) atoms. The lowest BCUT2D eigenvalue weighted by atomic mass is 10.4. The third kappa shape index (κ3) is 3.60. The minimum Gasteiger partial charge on any atom is -0.452 e. The summed E-state index contributed by atoms with van der Waals surface area (Å²) in [7, 11) is -3.71. The number of rotatable bonds is 5. The summed E-state index contributed by atoms with van der Waals surface area (Å²) in [6.07, 6.45) is 1.00. The predicted octanol–water partition coefficient (Wildman–Crippen LogP) is 1.19. The van der Waals surface area contributed by atoms with Gasteiger partial charge in [-0.2, -0.15) is 0 Å². The standard InChI is InChI=1S/C8H13BrN2O3S/c1-2-3-11-5-6-4-7(8(9)14-6)15(10,12)13/h4,11H,2-3,5H2,1H3,(H2,10,12,13). The van der Waals surface area contributed by atoms with Gasteiger partial charge < -0.3 is 9.73 Å². The van der Waals surface area contributed by atoms with Gasteiger partial charge in [-0.05, 0) is 28.9 Å². The SMILES string of the molecule is CCCNCc1cc(S(N)(=O)=O)c(Br)o1. The summed E-state index contributed by atoms with van der Waals surface area (Å²) in [5, 5.41) is 8.08. The molecule has 0 spiro atoms. The smallest absolute Gasteiger partial charge is 0.242 e. The summed E-state index contributed by atoms with van der Waals surface area (Å²) in [6, 6.07) is 1.42. The van der Waals surface area contributed by atoms with Crippen molar-refractivity contribution in [1.29, 1.82) is 0 Å². The van der Waals surface area contributed by atoms with Gasteiger partial charge in [-0.25, -0.2) is 13.6 Å². The van der Waals surface area contributed by atoms with Crippen molar-refractivity contribution in [2.75, 3.05) is 6.54 Å². The van der Waals surface area contributed by atoms with Crippen molar-refractivity contribution >= 4 is 26.0 Å². The molecule has 0 saturated heterocycles. The summed E-state index contributed by atoms with van der Waals surface area (Å²) in [6.45, 7) is 3.38. The Morgan fingerprint density at radius 2 is 2.27 bits per heavy atom. The molecule has 3 N–H and O–H groups in total. The molecule has 1 aromatic heterocycles. The van der Waals surface area contributed by atoms with Crippen LogP contribution in [0.5, 0.6) is 0 Å². The summed E-state index contributed by atoms with van der Waals surface area (Å²) < 4.78 is 27.5. The average molecular weight is 297 g/mol. The first-order valence-corrected chi connectivity index (χ1v) is 6.80. The lowest BCUT2D eigenvalue weighted by Gasteiger charge is -1.97. The van der Waals surface area contributed by atoms with Gasteiger partial charge in [0.25, 0.3) is 0 Å². The van der Waals surface area contributed by atoms with E-state index in [1.165, 1.54) is 6.07 Å². The number of hydrogen-bond acceptors (Lipinski definition) is 4. The van der Waals surface area contributed by atoms with E-state index in [2.05, 4.69) is 21.2 Å². The van der Waals surface area contributed by atoms with E-state index in [9.17, 15) is 8.42 Å². The molecule has 0 saturated carbocycles. The average Bonchev–Trinajstić information content (AvgIpc) is 2.47. The van der Waals surface area contributed by atoms with Crippen LogP contribution in [0.25, 0.3) is 0 Å². The van der Waals surface area contributed by atoms with Crippen LogP contribution in [0.15, 0.2) is 20.0 Å². The maximum absolute atomic E-state index is 11.1. The predicted molar refractivity (Wildman–Crippen MR) is 59.8 cm³/mol. The molecule has 0 bridgehead atoms. The quantitative estimate of drug-likeness (QED) is 0.799. The highest BCUT2D eigenvalue weighted by Gasteiger charge is 2.18. The number of furan rings is 1. The first-order valence-electron chi connectivity index (χ1n) is 4.47. The number of primary sulfonamides is 1. The summed E-state index contributed by atoms with van der Waals surface area (Å²) >= 11 is 3.01. The minimum absolute atomic E-state index is 0.0178.